The number of nitrogens with one attached hydrogen (secondary N) is 1. The molecule has 0 spiro atoms. The summed E-state index contributed by atoms with van der Waals surface area (Å²) in [5.41, 5.74) is 9.98. The molecule has 0 amide bonds. The van der Waals surface area contributed by atoms with Crippen LogP contribution in [-0.2, 0) is 29.6 Å². The molecule has 48 heavy (non-hydrogen) atoms. The Kier molecular flexibility index (Phi) is 17.5. The van der Waals surface area contributed by atoms with Crippen LogP contribution in [-0.4, -0.2) is 40.9 Å². The van der Waals surface area contributed by atoms with Gasteiger partial charge in [0.1, 0.15) is 48.8 Å². The maximum atomic E-state index is 13.4. The van der Waals surface area contributed by atoms with Crippen LogP contribution in [0.4, 0.5) is 54.7 Å². The average Bonchev–Trinajstić information content (AvgIpc) is 2.93. The molecule has 2 aromatic heterocycles. The van der Waals surface area contributed by atoms with E-state index in [1.807, 2.05) is 0 Å². The summed E-state index contributed by atoms with van der Waals surface area (Å²) in [4.78, 5) is 8.43. The molecule has 0 radical (unpaired) electrons. The van der Waals surface area contributed by atoms with Crippen LogP contribution in [0.25, 0.3) is 0 Å². The summed E-state index contributed by atoms with van der Waals surface area (Å²) in [6, 6.07) is 7.72. The standard InChI is InChI=1S/C21H16F2N10O9S3.3Na/c22-17-8-18(28-21(23)27-17)26-9-1-3-15(44(35,36)37)11(5-9)30-32-13-7-14(20(25)29-19(13)24)33-31-12-6-10(43-42-41-34)2-4-16(12)45(38,39)40;;;/h1-8,34H,(H4,24,25,29)(H,26,27,28)(H,35,36,37)(H,38,39,40);;;/q;3*+1/p-3. The number of nitrogens with zero attached hydrogens (tertiary/aromatic N) is 7. The van der Waals surface area contributed by atoms with Gasteiger partial charge in [-0.1, -0.05) is 0 Å². The molecule has 2 heterocycles. The first-order valence-electron chi connectivity index (χ1n) is 11.3. The van der Waals surface area contributed by atoms with Gasteiger partial charge in [-0.3, -0.25) is 5.04 Å². The Morgan fingerprint density at radius 2 is 1.25 bits per heavy atom. The fraction of sp³-hybridized carbons (Fsp3) is 0. The van der Waals surface area contributed by atoms with Gasteiger partial charge >= 0.3 is 94.8 Å². The van der Waals surface area contributed by atoms with Gasteiger partial charge < -0.3 is 31.1 Å². The van der Waals surface area contributed by atoms with Crippen molar-refractivity contribution in [3.8, 4) is 0 Å². The van der Waals surface area contributed by atoms with Gasteiger partial charge in [-0.25, -0.2) is 21.8 Å². The van der Waals surface area contributed by atoms with Gasteiger partial charge in [-0.15, -0.1) is 20.5 Å². The first-order chi connectivity index (χ1) is 21.1. The zero-order chi connectivity index (χ0) is 32.9. The first kappa shape index (κ1) is 44.2. The van der Waals surface area contributed by atoms with Crippen LogP contribution in [0, 0.1) is 12.0 Å². The van der Waals surface area contributed by atoms with E-state index < -0.39 is 53.4 Å². The first-order valence-corrected chi connectivity index (χ1v) is 14.9. The molecule has 4 aromatic rings. The molecule has 0 aliphatic carbocycles. The molecule has 0 bridgehead atoms. The molecule has 0 aliphatic heterocycles. The number of hydrogen-bond donors (Lipinski definition) is 3. The third-order valence-corrected chi connectivity index (χ3v) is 7.43. The molecule has 5 N–H and O–H groups in total. The maximum Gasteiger partial charge on any atom is 1.00 e. The second-order valence-corrected chi connectivity index (χ2v) is 11.6. The van der Waals surface area contributed by atoms with Crippen molar-refractivity contribution in [2.45, 2.75) is 14.7 Å². The van der Waals surface area contributed by atoms with Crippen LogP contribution in [0.1, 0.15) is 0 Å². The van der Waals surface area contributed by atoms with E-state index in [0.717, 1.165) is 48.5 Å². The van der Waals surface area contributed by atoms with Gasteiger partial charge in [-0.2, -0.15) is 23.1 Å². The second kappa shape index (κ2) is 19.0. The minimum atomic E-state index is -5.12. The Balaban J connectivity index is 0.00000384. The smallest absolute Gasteiger partial charge is 0.744 e. The van der Waals surface area contributed by atoms with Crippen LogP contribution in [0.5, 0.6) is 0 Å². The Morgan fingerprint density at radius 1 is 0.729 bits per heavy atom. The molecule has 27 heteroatoms. The van der Waals surface area contributed by atoms with E-state index in [-0.39, 0.29) is 128 Å². The molecule has 0 atom stereocenters. The zero-order valence-corrected chi connectivity index (χ0v) is 33.0. The Hall–Kier alpha value is -1.82. The van der Waals surface area contributed by atoms with Gasteiger partial charge in [0.15, 0.2) is 11.6 Å². The van der Waals surface area contributed by atoms with Crippen molar-refractivity contribution in [3.63, 3.8) is 0 Å². The van der Waals surface area contributed by atoms with Crippen LogP contribution < -0.4 is 111 Å². The van der Waals surface area contributed by atoms with Crippen molar-refractivity contribution >= 4 is 78.2 Å². The normalized spacial score (nSPS) is 11.5. The summed E-state index contributed by atoms with van der Waals surface area (Å²) in [6.07, 6.45) is -1.39. The number of azo groups is 2. The Morgan fingerprint density at radius 3 is 1.77 bits per heavy atom. The molecular weight excluding hydrogens is 739 g/mol. The molecule has 19 nitrogen and oxygen atoms in total. The largest absolute Gasteiger partial charge is 1.00 e. The van der Waals surface area contributed by atoms with Crippen LogP contribution in [0.15, 0.2) is 83.7 Å². The van der Waals surface area contributed by atoms with E-state index in [0.29, 0.717) is 12.0 Å². The molecule has 0 saturated heterocycles. The predicted molar refractivity (Wildman–Crippen MR) is 143 cm³/mol. The number of rotatable bonds is 11. The second-order valence-electron chi connectivity index (χ2n) is 8.11. The molecule has 4 rings (SSSR count). The number of benzene rings is 2. The summed E-state index contributed by atoms with van der Waals surface area (Å²) in [7, 11) is -10.2. The van der Waals surface area contributed by atoms with Crippen molar-refractivity contribution < 1.29 is 138 Å². The van der Waals surface area contributed by atoms with E-state index in [2.05, 4.69) is 50.1 Å². The minimum absolute atomic E-state index is 0. The Labute approximate surface area is 339 Å². The summed E-state index contributed by atoms with van der Waals surface area (Å²) in [5, 5.41) is 30.8. The topological polar surface area (TPSA) is 308 Å². The van der Waals surface area contributed by atoms with Crippen molar-refractivity contribution in [3.05, 3.63) is 60.6 Å². The fourth-order valence-electron chi connectivity index (χ4n) is 3.28. The molecule has 0 unspecified atom stereocenters. The SMILES string of the molecule is Nc1nc(N)c(N=Nc2cc(SOO[O-])ccc2S(=O)(=O)[O-])cc1N=Nc1cc(Nc2cc(F)nc(F)n2)ccc1S(=O)(=O)[O-].[Na+].[Na+].[Na+]. The van der Waals surface area contributed by atoms with Crippen molar-refractivity contribution in [1.29, 1.82) is 0 Å². The van der Waals surface area contributed by atoms with Crippen LogP contribution in [0.2, 0.25) is 0 Å². The molecule has 236 valence electrons. The average molecular weight is 753 g/mol. The fourth-order valence-corrected chi connectivity index (χ4v) is 4.85. The van der Waals surface area contributed by atoms with E-state index in [1.54, 1.807) is 0 Å². The number of nitrogen functional groups attached to an aromatic ring is 2. The van der Waals surface area contributed by atoms with Crippen molar-refractivity contribution in [2.75, 3.05) is 16.8 Å². The van der Waals surface area contributed by atoms with Gasteiger partial charge in [-0.05, 0) is 36.4 Å². The van der Waals surface area contributed by atoms with E-state index in [9.17, 15) is 40.0 Å². The van der Waals surface area contributed by atoms with Crippen molar-refractivity contribution in [1.82, 2.24) is 15.0 Å². The number of hydrogen-bond acceptors (Lipinski definition) is 20. The monoisotopic (exact) mass is 752 g/mol. The minimum Gasteiger partial charge on any atom is -0.744 e. The molecule has 2 aromatic carbocycles. The predicted octanol–water partition coefficient (Wildman–Crippen LogP) is -6.06. The maximum absolute atomic E-state index is 13.4. The number of nitrogens with two attached hydrogens (primary N) is 2. The van der Waals surface area contributed by atoms with E-state index in [1.165, 1.54) is 0 Å². The molecular formula is C21H13F2N10Na3O9S3. The van der Waals surface area contributed by atoms with Gasteiger partial charge in [0.25, 0.3) is 0 Å². The van der Waals surface area contributed by atoms with Gasteiger partial charge in [0.05, 0.1) is 21.8 Å². The van der Waals surface area contributed by atoms with Crippen molar-refractivity contribution in [2.24, 2.45) is 20.5 Å². The third-order valence-electron chi connectivity index (χ3n) is 5.10. The molecule has 0 fully saturated rings. The number of anilines is 4. The number of pyridine rings is 1. The summed E-state index contributed by atoms with van der Waals surface area (Å²) in [6.45, 7) is 0. The van der Waals surface area contributed by atoms with E-state index >= 15 is 0 Å². The van der Waals surface area contributed by atoms with Crippen LogP contribution in [0.3, 0.4) is 0 Å². The van der Waals surface area contributed by atoms with E-state index in [4.69, 9.17) is 11.5 Å². The molecule has 0 saturated carbocycles. The molecule has 0 aliphatic rings. The summed E-state index contributed by atoms with van der Waals surface area (Å²) in [5.74, 6) is -2.28. The summed E-state index contributed by atoms with van der Waals surface area (Å²) >= 11 is 0.370. The van der Waals surface area contributed by atoms with Crippen LogP contribution >= 0.6 is 12.0 Å². The zero-order valence-electron chi connectivity index (χ0n) is 24.6. The van der Waals surface area contributed by atoms with Gasteiger partial charge in [0, 0.05) is 22.7 Å². The third kappa shape index (κ3) is 12.2. The quantitative estimate of drug-likeness (QED) is 0.0188. The summed E-state index contributed by atoms with van der Waals surface area (Å²) < 4.78 is 101. The number of halogens is 2. The van der Waals surface area contributed by atoms with Gasteiger partial charge in [0.2, 0.25) is 5.95 Å². The Bertz CT molecular complexity index is 2050. The number of aromatic nitrogens is 3.